The van der Waals surface area contributed by atoms with Gasteiger partial charge < -0.3 is 4.74 Å². The Morgan fingerprint density at radius 3 is 2.65 bits per heavy atom. The quantitative estimate of drug-likeness (QED) is 0.520. The van der Waals surface area contributed by atoms with Crippen molar-refractivity contribution in [3.8, 4) is 0 Å². The normalized spacial score (nSPS) is 23.1. The molecule has 0 spiro atoms. The summed E-state index contributed by atoms with van der Waals surface area (Å²) in [6.45, 7) is 8.84. The summed E-state index contributed by atoms with van der Waals surface area (Å²) in [7, 11) is 0. The fourth-order valence-electron chi connectivity index (χ4n) is 3.21. The molecule has 0 bridgehead atoms. The Kier molecular flexibility index (Phi) is 6.70. The van der Waals surface area contributed by atoms with Crippen LogP contribution in [-0.2, 0) is 14.3 Å². The molecule has 2 unspecified atom stereocenters. The summed E-state index contributed by atoms with van der Waals surface area (Å²) in [6, 6.07) is 0. The van der Waals surface area contributed by atoms with Gasteiger partial charge in [-0.2, -0.15) is 0 Å². The molecule has 0 saturated heterocycles. The van der Waals surface area contributed by atoms with Crippen LogP contribution in [-0.4, -0.2) is 18.4 Å². The molecule has 20 heavy (non-hydrogen) atoms. The van der Waals surface area contributed by atoms with Gasteiger partial charge in [0.05, 0.1) is 6.61 Å². The summed E-state index contributed by atoms with van der Waals surface area (Å²) >= 11 is 0. The largest absolute Gasteiger partial charge is 0.466 e. The van der Waals surface area contributed by atoms with Crippen molar-refractivity contribution in [1.82, 2.24) is 0 Å². The van der Waals surface area contributed by atoms with Crippen LogP contribution in [0.15, 0.2) is 0 Å². The summed E-state index contributed by atoms with van der Waals surface area (Å²) in [6.07, 6.45) is 6.45. The first kappa shape index (κ1) is 17.2. The van der Waals surface area contributed by atoms with Crippen molar-refractivity contribution in [2.24, 2.45) is 17.3 Å². The fraction of sp³-hybridized carbons (Fsp3) is 0.882. The maximum Gasteiger partial charge on any atom is 0.305 e. The maximum absolute atomic E-state index is 12.2. The second-order valence-corrected chi connectivity index (χ2v) is 6.95. The minimum atomic E-state index is -0.181. The highest BCUT2D eigenvalue weighted by atomic mass is 16.5. The number of carbonyl (C=O) groups excluding carboxylic acids is 2. The van der Waals surface area contributed by atoms with Crippen LogP contribution in [0, 0.1) is 17.3 Å². The van der Waals surface area contributed by atoms with Crippen molar-refractivity contribution < 1.29 is 14.3 Å². The standard InChI is InChI=1S/C17H30O3/c1-5-16(19)20-11-7-9-15(18)13(2)14-8-6-10-17(3,4)12-14/h13-14H,5-12H2,1-4H3. The monoisotopic (exact) mass is 282 g/mol. The van der Waals surface area contributed by atoms with Crippen molar-refractivity contribution in [2.75, 3.05) is 6.61 Å². The lowest BCUT2D eigenvalue weighted by atomic mass is 9.67. The third kappa shape index (κ3) is 5.64. The molecule has 1 aliphatic carbocycles. The van der Waals surface area contributed by atoms with Crippen molar-refractivity contribution in [2.45, 2.75) is 72.6 Å². The zero-order valence-corrected chi connectivity index (χ0v) is 13.5. The first-order valence-corrected chi connectivity index (χ1v) is 8.04. The fourth-order valence-corrected chi connectivity index (χ4v) is 3.21. The van der Waals surface area contributed by atoms with E-state index in [1.165, 1.54) is 19.3 Å². The average Bonchev–Trinajstić information content (AvgIpc) is 2.41. The molecule has 1 rings (SSSR count). The lowest BCUT2D eigenvalue weighted by molar-refractivity contribution is -0.143. The Morgan fingerprint density at radius 1 is 1.35 bits per heavy atom. The van der Waals surface area contributed by atoms with Crippen LogP contribution in [0.1, 0.15) is 72.6 Å². The van der Waals surface area contributed by atoms with E-state index < -0.39 is 0 Å². The number of esters is 1. The van der Waals surface area contributed by atoms with E-state index >= 15 is 0 Å². The molecule has 3 heteroatoms. The molecule has 0 aromatic rings. The molecule has 116 valence electrons. The van der Waals surface area contributed by atoms with Crippen molar-refractivity contribution in [3.05, 3.63) is 0 Å². The molecule has 1 fully saturated rings. The second-order valence-electron chi connectivity index (χ2n) is 6.95. The number of Topliss-reactive ketones (excluding diaryl/α,β-unsaturated/α-hetero) is 1. The molecule has 0 heterocycles. The van der Waals surface area contributed by atoms with E-state index in [1.54, 1.807) is 6.92 Å². The van der Waals surface area contributed by atoms with Gasteiger partial charge in [-0.25, -0.2) is 0 Å². The third-order valence-electron chi connectivity index (χ3n) is 4.58. The van der Waals surface area contributed by atoms with Crippen molar-refractivity contribution in [3.63, 3.8) is 0 Å². The van der Waals surface area contributed by atoms with Gasteiger partial charge in [-0.3, -0.25) is 9.59 Å². The molecule has 0 amide bonds. The number of ether oxygens (including phenoxy) is 1. The van der Waals surface area contributed by atoms with Crippen molar-refractivity contribution >= 4 is 11.8 Å². The van der Waals surface area contributed by atoms with Gasteiger partial charge in [0.2, 0.25) is 0 Å². The van der Waals surface area contributed by atoms with Crippen molar-refractivity contribution in [1.29, 1.82) is 0 Å². The molecular weight excluding hydrogens is 252 g/mol. The molecule has 0 aliphatic heterocycles. The number of ketones is 1. The van der Waals surface area contributed by atoms with Crippen LogP contribution in [0.2, 0.25) is 0 Å². The van der Waals surface area contributed by atoms with Gasteiger partial charge >= 0.3 is 5.97 Å². The zero-order chi connectivity index (χ0) is 15.2. The second kappa shape index (κ2) is 7.80. The van der Waals surface area contributed by atoms with E-state index in [0.717, 1.165) is 6.42 Å². The lowest BCUT2D eigenvalue weighted by Gasteiger charge is -2.37. The minimum absolute atomic E-state index is 0.149. The Hall–Kier alpha value is -0.860. The molecule has 0 N–H and O–H groups in total. The molecular formula is C17H30O3. The van der Waals surface area contributed by atoms with Gasteiger partial charge in [-0.15, -0.1) is 0 Å². The van der Waals surface area contributed by atoms with E-state index in [9.17, 15) is 9.59 Å². The van der Waals surface area contributed by atoms with Crippen LogP contribution in [0.25, 0.3) is 0 Å². The third-order valence-corrected chi connectivity index (χ3v) is 4.58. The van der Waals surface area contributed by atoms with Gasteiger partial charge in [-0.1, -0.05) is 34.1 Å². The number of carbonyl (C=O) groups is 2. The summed E-state index contributed by atoms with van der Waals surface area (Å²) in [5, 5.41) is 0. The summed E-state index contributed by atoms with van der Waals surface area (Å²) in [5.41, 5.74) is 0.383. The molecule has 1 aliphatic rings. The van der Waals surface area contributed by atoms with E-state index in [-0.39, 0.29) is 11.9 Å². The number of rotatable bonds is 7. The molecule has 0 aromatic heterocycles. The van der Waals surface area contributed by atoms with E-state index in [4.69, 9.17) is 4.74 Å². The average molecular weight is 282 g/mol. The summed E-state index contributed by atoms with van der Waals surface area (Å²) in [4.78, 5) is 23.2. The molecule has 0 aromatic carbocycles. The van der Waals surface area contributed by atoms with E-state index in [2.05, 4.69) is 20.8 Å². The Balaban J connectivity index is 2.30. The topological polar surface area (TPSA) is 43.4 Å². The highest BCUT2D eigenvalue weighted by Gasteiger charge is 2.33. The van der Waals surface area contributed by atoms with Crippen LogP contribution in [0.4, 0.5) is 0 Å². The number of hydrogen-bond donors (Lipinski definition) is 0. The van der Waals surface area contributed by atoms with Crippen LogP contribution >= 0.6 is 0 Å². The SMILES string of the molecule is CCC(=O)OCCCC(=O)C(C)C1CCCC(C)(C)C1. The molecule has 3 nitrogen and oxygen atoms in total. The summed E-state index contributed by atoms with van der Waals surface area (Å²) in [5.74, 6) is 0.834. The molecule has 1 saturated carbocycles. The number of hydrogen-bond acceptors (Lipinski definition) is 3. The lowest BCUT2D eigenvalue weighted by Crippen LogP contribution is -2.30. The molecule has 0 radical (unpaired) electrons. The van der Waals surface area contributed by atoms with Gasteiger partial charge in [-0.05, 0) is 37.0 Å². The summed E-state index contributed by atoms with van der Waals surface area (Å²) < 4.78 is 5.01. The smallest absolute Gasteiger partial charge is 0.305 e. The Bertz CT molecular complexity index is 333. The Morgan fingerprint density at radius 2 is 2.05 bits per heavy atom. The van der Waals surface area contributed by atoms with Gasteiger partial charge in [0.15, 0.2) is 0 Å². The van der Waals surface area contributed by atoms with Gasteiger partial charge in [0.25, 0.3) is 0 Å². The predicted octanol–water partition coefficient (Wildman–Crippen LogP) is 4.14. The highest BCUT2D eigenvalue weighted by molar-refractivity contribution is 5.81. The predicted molar refractivity (Wildman–Crippen MR) is 80.4 cm³/mol. The first-order chi connectivity index (χ1) is 9.35. The van der Waals surface area contributed by atoms with Gasteiger partial charge in [0, 0.05) is 18.8 Å². The first-order valence-electron chi connectivity index (χ1n) is 8.04. The zero-order valence-electron chi connectivity index (χ0n) is 13.5. The molecule has 2 atom stereocenters. The van der Waals surface area contributed by atoms with E-state index in [1.807, 2.05) is 0 Å². The Labute approximate surface area is 123 Å². The van der Waals surface area contributed by atoms with Crippen LogP contribution in [0.3, 0.4) is 0 Å². The highest BCUT2D eigenvalue weighted by Crippen LogP contribution is 2.41. The minimum Gasteiger partial charge on any atom is -0.466 e. The van der Waals surface area contributed by atoms with Crippen LogP contribution in [0.5, 0.6) is 0 Å². The van der Waals surface area contributed by atoms with Crippen LogP contribution < -0.4 is 0 Å². The van der Waals surface area contributed by atoms with Gasteiger partial charge in [0.1, 0.15) is 5.78 Å². The maximum atomic E-state index is 12.2. The van der Waals surface area contributed by atoms with E-state index in [0.29, 0.717) is 43.0 Å².